The largest absolute Gasteiger partial charge is 0.293 e. The second kappa shape index (κ2) is 5.87. The second-order valence-electron chi connectivity index (χ2n) is 3.53. The van der Waals surface area contributed by atoms with E-state index in [1.54, 1.807) is 6.92 Å². The molecule has 0 radical (unpaired) electrons. The molecular formula is C12H10BrF2NO. The zero-order valence-electron chi connectivity index (χ0n) is 9.08. The lowest BCUT2D eigenvalue weighted by Crippen LogP contribution is -2.13. The van der Waals surface area contributed by atoms with E-state index in [1.165, 1.54) is 12.1 Å². The first-order valence-corrected chi connectivity index (χ1v) is 5.85. The van der Waals surface area contributed by atoms with Gasteiger partial charge in [0.1, 0.15) is 0 Å². The lowest BCUT2D eigenvalue weighted by molar-refractivity contribution is 0.0994. The predicted octanol–water partition coefficient (Wildman–Crippen LogP) is 3.66. The summed E-state index contributed by atoms with van der Waals surface area (Å²) >= 11 is 3.10. The van der Waals surface area contributed by atoms with Gasteiger partial charge in [0.05, 0.1) is 17.3 Å². The summed E-state index contributed by atoms with van der Waals surface area (Å²) in [5, 5.41) is 8.62. The van der Waals surface area contributed by atoms with Gasteiger partial charge in [0, 0.05) is 11.1 Å². The van der Waals surface area contributed by atoms with E-state index in [4.69, 9.17) is 5.26 Å². The van der Waals surface area contributed by atoms with E-state index < -0.39 is 11.3 Å². The van der Waals surface area contributed by atoms with Crippen molar-refractivity contribution in [1.82, 2.24) is 0 Å². The van der Waals surface area contributed by atoms with E-state index in [2.05, 4.69) is 15.9 Å². The molecule has 2 nitrogen and oxygen atoms in total. The minimum atomic E-state index is -2.62. The van der Waals surface area contributed by atoms with Crippen molar-refractivity contribution in [2.45, 2.75) is 24.6 Å². The Balaban J connectivity index is 3.26. The molecule has 0 fully saturated rings. The monoisotopic (exact) mass is 301 g/mol. The minimum Gasteiger partial charge on any atom is -0.293 e. The van der Waals surface area contributed by atoms with Gasteiger partial charge < -0.3 is 0 Å². The normalized spacial score (nSPS) is 12.2. The number of hydrogen-bond acceptors (Lipinski definition) is 2. The maximum atomic E-state index is 12.5. The Hall–Kier alpha value is -1.28. The molecule has 1 aromatic carbocycles. The Morgan fingerprint density at radius 3 is 2.65 bits per heavy atom. The average Bonchev–Trinajstić information content (AvgIpc) is 2.28. The third kappa shape index (κ3) is 3.34. The van der Waals surface area contributed by atoms with E-state index in [0.29, 0.717) is 5.56 Å². The highest BCUT2D eigenvalue weighted by Gasteiger charge is 2.18. The third-order valence-corrected chi connectivity index (χ3v) is 2.70. The molecule has 0 aliphatic rings. The Labute approximate surface area is 106 Å². The van der Waals surface area contributed by atoms with Crippen LogP contribution < -0.4 is 0 Å². The fourth-order valence-electron chi connectivity index (χ4n) is 1.41. The van der Waals surface area contributed by atoms with Gasteiger partial charge in [-0.3, -0.25) is 4.79 Å². The molecule has 0 heterocycles. The van der Waals surface area contributed by atoms with Crippen LogP contribution in [0.1, 0.15) is 34.8 Å². The standard InChI is InChI=1S/C12H10BrF2NO/c1-7(13)11(17)10-6-9(12(14)15)3-2-8(10)4-5-16/h2-3,6-7,12H,4H2,1H3. The van der Waals surface area contributed by atoms with Gasteiger partial charge in [-0.05, 0) is 18.6 Å². The van der Waals surface area contributed by atoms with Crippen LogP contribution >= 0.6 is 15.9 Å². The zero-order valence-corrected chi connectivity index (χ0v) is 10.7. The van der Waals surface area contributed by atoms with Crippen LogP contribution in [-0.4, -0.2) is 10.6 Å². The number of carbonyl (C=O) groups excluding carboxylic acids is 1. The highest BCUT2D eigenvalue weighted by molar-refractivity contribution is 9.10. The molecule has 0 saturated carbocycles. The summed E-state index contributed by atoms with van der Waals surface area (Å²) in [5.74, 6) is -0.294. The number of hydrogen-bond donors (Lipinski definition) is 0. The smallest absolute Gasteiger partial charge is 0.263 e. The van der Waals surface area contributed by atoms with Crippen molar-refractivity contribution in [3.05, 3.63) is 34.9 Å². The molecule has 0 aliphatic heterocycles. The van der Waals surface area contributed by atoms with Gasteiger partial charge in [0.2, 0.25) is 0 Å². The number of benzene rings is 1. The van der Waals surface area contributed by atoms with E-state index in [9.17, 15) is 13.6 Å². The van der Waals surface area contributed by atoms with Crippen molar-refractivity contribution >= 4 is 21.7 Å². The maximum absolute atomic E-state index is 12.5. The van der Waals surface area contributed by atoms with Gasteiger partial charge >= 0.3 is 0 Å². The van der Waals surface area contributed by atoms with Gasteiger partial charge in [-0.25, -0.2) is 8.78 Å². The molecule has 0 saturated heterocycles. The fraction of sp³-hybridized carbons (Fsp3) is 0.333. The lowest BCUT2D eigenvalue weighted by atomic mass is 9.97. The lowest BCUT2D eigenvalue weighted by Gasteiger charge is -2.10. The molecule has 90 valence electrons. The Kier molecular flexibility index (Phi) is 4.76. The van der Waals surface area contributed by atoms with Crippen LogP contribution in [0.4, 0.5) is 8.78 Å². The first kappa shape index (κ1) is 13.8. The van der Waals surface area contributed by atoms with E-state index in [1.807, 2.05) is 6.07 Å². The summed E-state index contributed by atoms with van der Waals surface area (Å²) < 4.78 is 25.1. The summed E-state index contributed by atoms with van der Waals surface area (Å²) in [4.78, 5) is 11.3. The van der Waals surface area contributed by atoms with Gasteiger partial charge in [-0.15, -0.1) is 0 Å². The van der Waals surface area contributed by atoms with Crippen LogP contribution in [-0.2, 0) is 6.42 Å². The fourth-order valence-corrected chi connectivity index (χ4v) is 1.66. The third-order valence-electron chi connectivity index (χ3n) is 2.28. The van der Waals surface area contributed by atoms with Gasteiger partial charge in [0.15, 0.2) is 5.78 Å². The quantitative estimate of drug-likeness (QED) is 0.629. The van der Waals surface area contributed by atoms with Gasteiger partial charge in [-0.1, -0.05) is 28.1 Å². The van der Waals surface area contributed by atoms with Crippen molar-refractivity contribution in [2.75, 3.05) is 0 Å². The number of alkyl halides is 3. The van der Waals surface area contributed by atoms with Crippen LogP contribution in [0, 0.1) is 11.3 Å². The van der Waals surface area contributed by atoms with Crippen LogP contribution in [0.15, 0.2) is 18.2 Å². The van der Waals surface area contributed by atoms with E-state index in [0.717, 1.165) is 6.07 Å². The summed E-state index contributed by atoms with van der Waals surface area (Å²) in [6, 6.07) is 5.73. The first-order valence-electron chi connectivity index (χ1n) is 4.93. The van der Waals surface area contributed by atoms with Crippen molar-refractivity contribution in [3.63, 3.8) is 0 Å². The number of rotatable bonds is 4. The number of carbonyl (C=O) groups is 1. The Morgan fingerprint density at radius 1 is 1.53 bits per heavy atom. The number of halogens is 3. The number of Topliss-reactive ketones (excluding diaryl/α,β-unsaturated/α-hetero) is 1. The molecule has 1 atom stereocenters. The number of nitrogens with zero attached hydrogens (tertiary/aromatic N) is 1. The summed E-state index contributed by atoms with van der Waals surface area (Å²) in [7, 11) is 0. The Bertz CT molecular complexity index is 466. The van der Waals surface area contributed by atoms with Crippen LogP contribution in [0.25, 0.3) is 0 Å². The van der Waals surface area contributed by atoms with Gasteiger partial charge in [0.25, 0.3) is 6.43 Å². The highest BCUT2D eigenvalue weighted by Crippen LogP contribution is 2.24. The van der Waals surface area contributed by atoms with Crippen LogP contribution in [0.3, 0.4) is 0 Å². The summed E-state index contributed by atoms with van der Waals surface area (Å²) in [5.41, 5.74) is 0.463. The minimum absolute atomic E-state index is 0.0321. The maximum Gasteiger partial charge on any atom is 0.263 e. The van der Waals surface area contributed by atoms with E-state index >= 15 is 0 Å². The van der Waals surface area contributed by atoms with Crippen LogP contribution in [0.2, 0.25) is 0 Å². The average molecular weight is 302 g/mol. The summed E-state index contributed by atoms with van der Waals surface area (Å²) in [6.45, 7) is 1.62. The highest BCUT2D eigenvalue weighted by atomic mass is 79.9. The molecule has 17 heavy (non-hydrogen) atoms. The van der Waals surface area contributed by atoms with Gasteiger partial charge in [-0.2, -0.15) is 5.26 Å². The van der Waals surface area contributed by atoms with Crippen molar-refractivity contribution in [1.29, 1.82) is 5.26 Å². The van der Waals surface area contributed by atoms with Crippen molar-refractivity contribution in [3.8, 4) is 6.07 Å². The molecule has 5 heteroatoms. The van der Waals surface area contributed by atoms with Crippen molar-refractivity contribution in [2.24, 2.45) is 0 Å². The topological polar surface area (TPSA) is 40.9 Å². The van der Waals surface area contributed by atoms with Crippen molar-refractivity contribution < 1.29 is 13.6 Å². The SMILES string of the molecule is CC(Br)C(=O)c1cc(C(F)F)ccc1CC#N. The molecule has 1 rings (SSSR count). The van der Waals surface area contributed by atoms with E-state index in [-0.39, 0.29) is 23.3 Å². The zero-order chi connectivity index (χ0) is 13.0. The number of ketones is 1. The molecule has 0 amide bonds. The number of nitriles is 1. The Morgan fingerprint density at radius 2 is 2.18 bits per heavy atom. The second-order valence-corrected chi connectivity index (χ2v) is 4.91. The molecular weight excluding hydrogens is 292 g/mol. The van der Waals surface area contributed by atoms with Crippen LogP contribution in [0.5, 0.6) is 0 Å². The predicted molar refractivity (Wildman–Crippen MR) is 63.4 cm³/mol. The molecule has 0 bridgehead atoms. The molecule has 0 aliphatic carbocycles. The molecule has 0 spiro atoms. The summed E-state index contributed by atoms with van der Waals surface area (Å²) in [6.07, 6.45) is -2.59. The first-order chi connectivity index (χ1) is 7.97. The molecule has 1 unspecified atom stereocenters. The molecule has 0 N–H and O–H groups in total. The molecule has 0 aromatic heterocycles. The molecule has 1 aromatic rings.